The zero-order valence-corrected chi connectivity index (χ0v) is 12.0. The summed E-state index contributed by atoms with van der Waals surface area (Å²) in [7, 11) is 1.73. The summed E-state index contributed by atoms with van der Waals surface area (Å²) >= 11 is 1.81. The molecule has 4 heteroatoms. The second kappa shape index (κ2) is 5.04. The summed E-state index contributed by atoms with van der Waals surface area (Å²) in [6.45, 7) is 8.47. The van der Waals surface area contributed by atoms with E-state index in [0.29, 0.717) is 18.1 Å². The molecule has 0 saturated heterocycles. The van der Waals surface area contributed by atoms with Crippen molar-refractivity contribution in [3.05, 3.63) is 15.6 Å². The third kappa shape index (κ3) is 2.87. The van der Waals surface area contributed by atoms with Crippen molar-refractivity contribution in [2.45, 2.75) is 46.3 Å². The van der Waals surface area contributed by atoms with Crippen molar-refractivity contribution in [1.82, 2.24) is 10.3 Å². The molecule has 0 aromatic carbocycles. The lowest BCUT2D eigenvalue weighted by atomic mass is 9.76. The molecule has 1 aromatic rings. The van der Waals surface area contributed by atoms with Crippen LogP contribution in [0.3, 0.4) is 0 Å². The first-order valence-corrected chi connectivity index (χ1v) is 7.08. The van der Waals surface area contributed by atoms with Crippen molar-refractivity contribution in [3.8, 4) is 0 Å². The van der Waals surface area contributed by atoms with Crippen LogP contribution in [0.1, 0.15) is 48.8 Å². The molecule has 1 aliphatic rings. The van der Waals surface area contributed by atoms with Crippen LogP contribution in [0.15, 0.2) is 0 Å². The monoisotopic (exact) mass is 254 g/mol. The molecule has 0 spiro atoms. The van der Waals surface area contributed by atoms with Crippen molar-refractivity contribution < 1.29 is 4.74 Å². The van der Waals surface area contributed by atoms with Gasteiger partial charge in [-0.2, -0.15) is 0 Å². The second-order valence-electron chi connectivity index (χ2n) is 5.51. The highest BCUT2D eigenvalue weighted by Gasteiger charge is 2.34. The minimum Gasteiger partial charge on any atom is -0.378 e. The Morgan fingerprint density at radius 2 is 2.29 bits per heavy atom. The lowest BCUT2D eigenvalue weighted by Gasteiger charge is -2.34. The maximum absolute atomic E-state index is 5.18. The van der Waals surface area contributed by atoms with Gasteiger partial charge in [0.2, 0.25) is 0 Å². The smallest absolute Gasteiger partial charge is 0.119 e. The topological polar surface area (TPSA) is 34.2 Å². The number of rotatable bonds is 4. The van der Waals surface area contributed by atoms with Crippen LogP contribution in [-0.2, 0) is 17.8 Å². The molecule has 17 heavy (non-hydrogen) atoms. The molecule has 1 heterocycles. The van der Waals surface area contributed by atoms with Crippen LogP contribution in [0, 0.1) is 5.41 Å². The van der Waals surface area contributed by atoms with Crippen LogP contribution in [0.2, 0.25) is 0 Å². The molecule has 1 aromatic heterocycles. The highest BCUT2D eigenvalue weighted by Crippen LogP contribution is 2.42. The van der Waals surface area contributed by atoms with Crippen molar-refractivity contribution in [1.29, 1.82) is 0 Å². The Hall–Kier alpha value is -0.450. The van der Waals surface area contributed by atoms with Crippen LogP contribution in [-0.4, -0.2) is 18.6 Å². The first-order chi connectivity index (χ1) is 8.05. The average molecular weight is 254 g/mol. The molecule has 2 rings (SSSR count). The fourth-order valence-corrected chi connectivity index (χ4v) is 3.71. The first kappa shape index (κ1) is 13.0. The normalized spacial score (nSPS) is 22.5. The maximum atomic E-state index is 5.18. The third-order valence-electron chi connectivity index (χ3n) is 3.21. The van der Waals surface area contributed by atoms with E-state index in [-0.39, 0.29) is 0 Å². The molecule has 0 aliphatic heterocycles. The number of methoxy groups -OCH3 is 1. The van der Waals surface area contributed by atoms with E-state index in [1.165, 1.54) is 17.0 Å². The summed E-state index contributed by atoms with van der Waals surface area (Å²) in [5, 5.41) is 4.69. The molecule has 0 radical (unpaired) electrons. The number of nitrogens with one attached hydrogen (secondary N) is 1. The van der Waals surface area contributed by atoms with E-state index in [4.69, 9.17) is 9.72 Å². The Kier molecular flexibility index (Phi) is 3.85. The Balaban J connectivity index is 2.28. The quantitative estimate of drug-likeness (QED) is 0.897. The van der Waals surface area contributed by atoms with Crippen molar-refractivity contribution in [3.63, 3.8) is 0 Å². The molecule has 1 N–H and O–H groups in total. The van der Waals surface area contributed by atoms with Gasteiger partial charge in [-0.25, -0.2) is 4.98 Å². The van der Waals surface area contributed by atoms with Gasteiger partial charge in [-0.1, -0.05) is 20.8 Å². The Morgan fingerprint density at radius 1 is 1.53 bits per heavy atom. The predicted molar refractivity (Wildman–Crippen MR) is 71.3 cm³/mol. The van der Waals surface area contributed by atoms with Crippen LogP contribution in [0.25, 0.3) is 0 Å². The second-order valence-corrected chi connectivity index (χ2v) is 6.62. The van der Waals surface area contributed by atoms with Gasteiger partial charge in [0.05, 0.1) is 12.3 Å². The van der Waals surface area contributed by atoms with Gasteiger partial charge in [-0.05, 0) is 24.8 Å². The molecule has 1 aliphatic carbocycles. The van der Waals surface area contributed by atoms with E-state index in [0.717, 1.165) is 18.0 Å². The Morgan fingerprint density at radius 3 is 2.94 bits per heavy atom. The summed E-state index contributed by atoms with van der Waals surface area (Å²) in [5.41, 5.74) is 1.63. The lowest BCUT2D eigenvalue weighted by Crippen LogP contribution is -2.32. The number of fused-ring (bicyclic) bond motifs is 1. The SMILES string of the molecule is CCNC1CC(C)(C)Cc2nc(COC)sc21. The number of ether oxygens (including phenoxy) is 1. The molecule has 0 bridgehead atoms. The number of aromatic nitrogens is 1. The molecule has 0 fully saturated rings. The zero-order valence-electron chi connectivity index (χ0n) is 11.2. The Bertz CT molecular complexity index is 387. The molecule has 0 saturated carbocycles. The molecule has 1 unspecified atom stereocenters. The summed E-state index contributed by atoms with van der Waals surface area (Å²) in [5.74, 6) is 0. The van der Waals surface area contributed by atoms with E-state index in [9.17, 15) is 0 Å². The minimum atomic E-state index is 0.345. The highest BCUT2D eigenvalue weighted by molar-refractivity contribution is 7.11. The predicted octanol–water partition coefficient (Wildman–Crippen LogP) is 2.91. The van der Waals surface area contributed by atoms with Gasteiger partial charge in [0, 0.05) is 18.0 Å². The number of nitrogens with zero attached hydrogens (tertiary/aromatic N) is 1. The largest absolute Gasteiger partial charge is 0.378 e. The van der Waals surface area contributed by atoms with Gasteiger partial charge in [-0.15, -0.1) is 11.3 Å². The number of hydrogen-bond acceptors (Lipinski definition) is 4. The maximum Gasteiger partial charge on any atom is 0.119 e. The fourth-order valence-electron chi connectivity index (χ4n) is 2.58. The van der Waals surface area contributed by atoms with Crippen LogP contribution >= 0.6 is 11.3 Å². The van der Waals surface area contributed by atoms with E-state index in [2.05, 4.69) is 26.1 Å². The van der Waals surface area contributed by atoms with Crippen molar-refractivity contribution >= 4 is 11.3 Å². The summed E-state index contributed by atoms with van der Waals surface area (Å²) in [4.78, 5) is 6.15. The molecular weight excluding hydrogens is 232 g/mol. The first-order valence-electron chi connectivity index (χ1n) is 6.26. The van der Waals surface area contributed by atoms with Gasteiger partial charge in [0.1, 0.15) is 5.01 Å². The van der Waals surface area contributed by atoms with Crippen LogP contribution in [0.5, 0.6) is 0 Å². The number of hydrogen-bond donors (Lipinski definition) is 1. The van der Waals surface area contributed by atoms with Gasteiger partial charge in [-0.3, -0.25) is 0 Å². The average Bonchev–Trinajstić information content (AvgIpc) is 2.59. The Labute approximate surface area is 108 Å². The standard InChI is InChI=1S/C13H22N2OS/c1-5-14-9-6-13(2,3)7-10-12(9)17-11(15-10)8-16-4/h9,14H,5-8H2,1-4H3. The molecule has 96 valence electrons. The molecular formula is C13H22N2OS. The van der Waals surface area contributed by atoms with Crippen LogP contribution in [0.4, 0.5) is 0 Å². The van der Waals surface area contributed by atoms with E-state index in [1.807, 2.05) is 11.3 Å². The van der Waals surface area contributed by atoms with Gasteiger partial charge in [0.25, 0.3) is 0 Å². The molecule has 0 amide bonds. The van der Waals surface area contributed by atoms with Crippen molar-refractivity contribution in [2.75, 3.05) is 13.7 Å². The third-order valence-corrected chi connectivity index (χ3v) is 4.39. The summed E-state index contributed by atoms with van der Waals surface area (Å²) in [6, 6.07) is 0.474. The molecule has 3 nitrogen and oxygen atoms in total. The van der Waals surface area contributed by atoms with E-state index < -0.39 is 0 Å². The highest BCUT2D eigenvalue weighted by atomic mass is 32.1. The number of thiazole rings is 1. The van der Waals surface area contributed by atoms with E-state index in [1.54, 1.807) is 7.11 Å². The van der Waals surface area contributed by atoms with Crippen LogP contribution < -0.4 is 5.32 Å². The van der Waals surface area contributed by atoms with E-state index >= 15 is 0 Å². The van der Waals surface area contributed by atoms with Crippen molar-refractivity contribution in [2.24, 2.45) is 5.41 Å². The van der Waals surface area contributed by atoms with Gasteiger partial charge < -0.3 is 10.1 Å². The summed E-state index contributed by atoms with van der Waals surface area (Å²) in [6.07, 6.45) is 2.28. The van der Waals surface area contributed by atoms with Gasteiger partial charge in [0.15, 0.2) is 0 Å². The fraction of sp³-hybridized carbons (Fsp3) is 0.769. The summed E-state index contributed by atoms with van der Waals surface area (Å²) < 4.78 is 5.18. The lowest BCUT2D eigenvalue weighted by molar-refractivity contribution is 0.184. The minimum absolute atomic E-state index is 0.345. The van der Waals surface area contributed by atoms with Gasteiger partial charge >= 0.3 is 0 Å². The zero-order chi connectivity index (χ0) is 12.5. The molecule has 1 atom stereocenters.